The first-order valence-corrected chi connectivity index (χ1v) is 17.7. The molecule has 4 unspecified atom stereocenters. The van der Waals surface area contributed by atoms with Crippen molar-refractivity contribution in [2.75, 3.05) is 64.7 Å². The molecule has 0 bridgehead atoms. The average Bonchev–Trinajstić information content (AvgIpc) is 3.82. The third-order valence-corrected chi connectivity index (χ3v) is 11.1. The van der Waals surface area contributed by atoms with E-state index in [1.165, 1.54) is 13.2 Å². The summed E-state index contributed by atoms with van der Waals surface area (Å²) in [7, 11) is 4.98. The molecule has 2 aromatic carbocycles. The van der Waals surface area contributed by atoms with Gasteiger partial charge in [0.05, 0.1) is 40.6 Å². The molecule has 0 saturated carbocycles. The predicted octanol–water partition coefficient (Wildman–Crippen LogP) is 5.99. The summed E-state index contributed by atoms with van der Waals surface area (Å²) in [5, 5.41) is 9.25. The molecule has 6 rings (SSSR count). The Labute approximate surface area is 306 Å². The molecule has 2 saturated heterocycles. The number of benzene rings is 2. The van der Waals surface area contributed by atoms with E-state index in [1.54, 1.807) is 23.8 Å². The van der Waals surface area contributed by atoms with E-state index >= 15 is 17.6 Å². The second kappa shape index (κ2) is 15.0. The SMILES string of the molecule is C=CC(=O)N1CCC(N(CC)c2nc(OCC3CC(OC)CN3C)nc3c(F)c(-c4ccc(F)c5sc(N)c(C#N)c45)c(C(F)(F)F)cc23)C1COC. The molecule has 1 amide bonds. The number of amides is 1. The number of methoxy groups -OCH3 is 2. The van der Waals surface area contributed by atoms with Crippen molar-refractivity contribution in [2.45, 2.75) is 50.2 Å². The number of nitriles is 1. The topological polar surface area (TPSA) is 130 Å². The summed E-state index contributed by atoms with van der Waals surface area (Å²) in [6.07, 6.45) is -2.98. The standard InChI is InChI=1S/C36H38F5N7O4S/c1-6-27(49)48-11-10-25(26(48)17-50-4)47(7-2)34-21-13-23(36(39,40)41)29(20-8-9-24(37)32-28(20)22(14-42)33(43)53-32)30(38)31(21)44-35(45-34)52-16-18-12-19(51-5)15-46(18)3/h6,8-9,13,18-19,25-26H,1,7,10-12,15-17,43H2,2-5H3. The Morgan fingerprint density at radius 1 is 1.25 bits per heavy atom. The van der Waals surface area contributed by atoms with Crippen LogP contribution in [0.1, 0.15) is 30.9 Å². The van der Waals surface area contributed by atoms with Crippen LogP contribution in [-0.2, 0) is 20.4 Å². The van der Waals surface area contributed by atoms with Crippen LogP contribution in [0.15, 0.2) is 30.9 Å². The first kappa shape index (κ1) is 38.1. The normalized spacial score (nSPS) is 20.7. The molecule has 4 aromatic rings. The summed E-state index contributed by atoms with van der Waals surface area (Å²) >= 11 is 0.683. The largest absolute Gasteiger partial charge is 0.462 e. The highest BCUT2D eigenvalue weighted by molar-refractivity contribution is 7.23. The molecule has 2 aliphatic heterocycles. The lowest BCUT2D eigenvalue weighted by Crippen LogP contribution is -2.49. The Hall–Kier alpha value is -4.63. The molecule has 0 radical (unpaired) electrons. The number of rotatable bonds is 11. The maximum atomic E-state index is 17.3. The number of hydrogen-bond acceptors (Lipinski definition) is 11. The van der Waals surface area contributed by atoms with Gasteiger partial charge in [0.1, 0.15) is 34.8 Å². The van der Waals surface area contributed by atoms with Gasteiger partial charge in [-0.3, -0.25) is 9.69 Å². The molecule has 2 aliphatic rings. The van der Waals surface area contributed by atoms with Crippen molar-refractivity contribution >= 4 is 49.1 Å². The van der Waals surface area contributed by atoms with Gasteiger partial charge in [0.2, 0.25) is 5.91 Å². The van der Waals surface area contributed by atoms with Gasteiger partial charge in [-0.2, -0.15) is 28.4 Å². The lowest BCUT2D eigenvalue weighted by atomic mass is 9.92. The molecule has 2 aromatic heterocycles. The number of aromatic nitrogens is 2. The van der Waals surface area contributed by atoms with Crippen LogP contribution in [0.3, 0.4) is 0 Å². The van der Waals surface area contributed by atoms with Crippen LogP contribution in [0.4, 0.5) is 32.8 Å². The zero-order chi connectivity index (χ0) is 38.4. The van der Waals surface area contributed by atoms with E-state index < -0.39 is 46.5 Å². The van der Waals surface area contributed by atoms with Crippen LogP contribution in [0, 0.1) is 23.0 Å². The maximum absolute atomic E-state index is 17.3. The fourth-order valence-corrected chi connectivity index (χ4v) is 8.49. The average molecular weight is 760 g/mol. The molecule has 4 heterocycles. The highest BCUT2D eigenvalue weighted by Crippen LogP contribution is 2.48. The first-order chi connectivity index (χ1) is 25.3. The second-order valence-electron chi connectivity index (χ2n) is 13.0. The summed E-state index contributed by atoms with van der Waals surface area (Å²) in [4.78, 5) is 27.1. The zero-order valence-electron chi connectivity index (χ0n) is 29.5. The van der Waals surface area contributed by atoms with Crippen molar-refractivity contribution in [1.29, 1.82) is 5.26 Å². The van der Waals surface area contributed by atoms with Gasteiger partial charge in [0.25, 0.3) is 0 Å². The molecule has 17 heteroatoms. The van der Waals surface area contributed by atoms with E-state index in [-0.39, 0.29) is 81.2 Å². The number of hydrogen-bond donors (Lipinski definition) is 1. The molecule has 53 heavy (non-hydrogen) atoms. The number of carbonyl (C=O) groups is 1. The number of anilines is 2. The smallest absolute Gasteiger partial charge is 0.417 e. The lowest BCUT2D eigenvalue weighted by molar-refractivity contribution is -0.137. The summed E-state index contributed by atoms with van der Waals surface area (Å²) in [5.41, 5.74) is 2.54. The van der Waals surface area contributed by atoms with Crippen molar-refractivity contribution < 1.29 is 41.0 Å². The molecule has 0 spiro atoms. The van der Waals surface area contributed by atoms with Crippen molar-refractivity contribution in [3.63, 3.8) is 0 Å². The molecule has 0 aliphatic carbocycles. The number of fused-ring (bicyclic) bond motifs is 2. The minimum absolute atomic E-state index is 0.0428. The van der Waals surface area contributed by atoms with Gasteiger partial charge in [-0.05, 0) is 50.6 Å². The quantitative estimate of drug-likeness (QED) is 0.144. The van der Waals surface area contributed by atoms with Crippen LogP contribution in [0.25, 0.3) is 32.1 Å². The van der Waals surface area contributed by atoms with Gasteiger partial charge < -0.3 is 29.7 Å². The Morgan fingerprint density at radius 3 is 2.62 bits per heavy atom. The second-order valence-corrected chi connectivity index (χ2v) is 14.0. The summed E-state index contributed by atoms with van der Waals surface area (Å²) in [6.45, 7) is 6.66. The minimum atomic E-state index is -5.13. The minimum Gasteiger partial charge on any atom is -0.462 e. The number of ether oxygens (including phenoxy) is 3. The predicted molar refractivity (Wildman–Crippen MR) is 191 cm³/mol. The summed E-state index contributed by atoms with van der Waals surface area (Å²) < 4.78 is 94.5. The Kier molecular flexibility index (Phi) is 10.8. The van der Waals surface area contributed by atoms with Gasteiger partial charge in [0, 0.05) is 56.2 Å². The fourth-order valence-electron chi connectivity index (χ4n) is 7.54. The number of likely N-dealkylation sites (N-methyl/N-ethyl adjacent to an activating group) is 2. The van der Waals surface area contributed by atoms with E-state index in [2.05, 4.69) is 16.5 Å². The van der Waals surface area contributed by atoms with E-state index in [1.807, 2.05) is 18.0 Å². The van der Waals surface area contributed by atoms with Gasteiger partial charge in [-0.1, -0.05) is 12.6 Å². The van der Waals surface area contributed by atoms with Crippen LogP contribution < -0.4 is 15.4 Å². The van der Waals surface area contributed by atoms with Crippen LogP contribution in [0.5, 0.6) is 6.01 Å². The van der Waals surface area contributed by atoms with Crippen LogP contribution in [-0.4, -0.2) is 104 Å². The van der Waals surface area contributed by atoms with E-state index in [9.17, 15) is 14.4 Å². The molecule has 11 nitrogen and oxygen atoms in total. The van der Waals surface area contributed by atoms with E-state index in [0.29, 0.717) is 37.3 Å². The van der Waals surface area contributed by atoms with Gasteiger partial charge in [0.15, 0.2) is 5.82 Å². The molecule has 282 valence electrons. The number of likely N-dealkylation sites (tertiary alicyclic amines) is 2. The summed E-state index contributed by atoms with van der Waals surface area (Å²) in [5.74, 6) is -2.58. The zero-order valence-corrected chi connectivity index (χ0v) is 30.3. The van der Waals surface area contributed by atoms with Gasteiger partial charge >= 0.3 is 12.2 Å². The van der Waals surface area contributed by atoms with Crippen molar-refractivity contribution in [1.82, 2.24) is 19.8 Å². The molecule has 2 fully saturated rings. The van der Waals surface area contributed by atoms with E-state index in [4.69, 9.17) is 19.9 Å². The lowest BCUT2D eigenvalue weighted by Gasteiger charge is -2.35. The number of thiophene rings is 1. The fraction of sp³-hybridized carbons (Fsp3) is 0.444. The third kappa shape index (κ3) is 6.84. The Bertz CT molecular complexity index is 2100. The molecular weight excluding hydrogens is 721 g/mol. The molecule has 2 N–H and O–H groups in total. The number of nitrogens with zero attached hydrogens (tertiary/aromatic N) is 6. The maximum Gasteiger partial charge on any atom is 0.417 e. The number of carbonyl (C=O) groups excluding carboxylic acids is 1. The van der Waals surface area contributed by atoms with Crippen molar-refractivity contribution in [2.24, 2.45) is 0 Å². The number of nitrogen functional groups attached to an aromatic ring is 1. The highest BCUT2D eigenvalue weighted by Gasteiger charge is 2.42. The number of alkyl halides is 3. The Morgan fingerprint density at radius 2 is 2.00 bits per heavy atom. The highest BCUT2D eigenvalue weighted by atomic mass is 32.1. The summed E-state index contributed by atoms with van der Waals surface area (Å²) in [6, 6.07) is 3.04. The Balaban J connectivity index is 1.61. The van der Waals surface area contributed by atoms with E-state index in [0.717, 1.165) is 18.2 Å². The third-order valence-electron chi connectivity index (χ3n) is 10.1. The van der Waals surface area contributed by atoms with Crippen molar-refractivity contribution in [3.05, 3.63) is 53.6 Å². The molecule has 4 atom stereocenters. The monoisotopic (exact) mass is 759 g/mol. The first-order valence-electron chi connectivity index (χ1n) is 16.8. The molecular formula is C36H38F5N7O4S. The van der Waals surface area contributed by atoms with Gasteiger partial charge in [-0.15, -0.1) is 11.3 Å². The van der Waals surface area contributed by atoms with Crippen LogP contribution in [0.2, 0.25) is 0 Å². The van der Waals surface area contributed by atoms with Crippen LogP contribution >= 0.6 is 11.3 Å². The van der Waals surface area contributed by atoms with Crippen molar-refractivity contribution in [3.8, 4) is 23.2 Å². The number of halogens is 5. The van der Waals surface area contributed by atoms with Gasteiger partial charge in [-0.25, -0.2) is 8.78 Å². The number of nitrogens with two attached hydrogens (primary N) is 1.